The molecule has 2 rings (SSSR count). The van der Waals surface area contributed by atoms with E-state index in [1.165, 1.54) is 0 Å². The molecular weight excluding hydrogens is 296 g/mol. The van der Waals surface area contributed by atoms with Gasteiger partial charge in [-0.3, -0.25) is 4.79 Å². The van der Waals surface area contributed by atoms with Gasteiger partial charge in [-0.2, -0.15) is 11.8 Å². The average molecular weight is 318 g/mol. The molecule has 0 saturated carbocycles. The van der Waals surface area contributed by atoms with Crippen LogP contribution in [0.2, 0.25) is 0 Å². The second kappa shape index (κ2) is 7.33. The molecule has 0 radical (unpaired) electrons. The van der Waals surface area contributed by atoms with Crippen LogP contribution in [-0.2, 0) is 14.3 Å². The first kappa shape index (κ1) is 16.4. The van der Waals surface area contributed by atoms with E-state index in [0.29, 0.717) is 32.1 Å². The summed E-state index contributed by atoms with van der Waals surface area (Å²) in [6.45, 7) is 2.06. The van der Waals surface area contributed by atoms with Crippen molar-refractivity contribution < 1.29 is 24.2 Å². The Balaban J connectivity index is 1.89. The number of thioether (sulfide) groups is 1. The predicted molar refractivity (Wildman–Crippen MR) is 78.6 cm³/mol. The molecule has 0 spiro atoms. The molecule has 21 heavy (non-hydrogen) atoms. The number of nitrogens with zero attached hydrogens (tertiary/aromatic N) is 1. The lowest BCUT2D eigenvalue weighted by molar-refractivity contribution is -0.138. The highest BCUT2D eigenvalue weighted by Crippen LogP contribution is 2.22. The summed E-state index contributed by atoms with van der Waals surface area (Å²) >= 11 is 1.68. The summed E-state index contributed by atoms with van der Waals surface area (Å²) in [6.07, 6.45) is 0.733. The summed E-state index contributed by atoms with van der Waals surface area (Å²) in [5, 5.41) is 11.8. The summed E-state index contributed by atoms with van der Waals surface area (Å²) in [5.41, 5.74) is -0.456. The molecule has 120 valence electrons. The largest absolute Gasteiger partial charge is 0.481 e. The molecule has 2 aliphatic heterocycles. The Morgan fingerprint density at radius 1 is 1.57 bits per heavy atom. The first-order valence-electron chi connectivity index (χ1n) is 7.03. The zero-order chi connectivity index (χ0) is 15.3. The number of carbonyl (C=O) groups excluding carboxylic acids is 1. The topological polar surface area (TPSA) is 88.1 Å². The van der Waals surface area contributed by atoms with E-state index < -0.39 is 11.6 Å². The number of hydrogen-bond donors (Lipinski definition) is 2. The monoisotopic (exact) mass is 318 g/mol. The van der Waals surface area contributed by atoms with Crippen LogP contribution in [0, 0.1) is 0 Å². The maximum absolute atomic E-state index is 12.3. The maximum Gasteiger partial charge on any atom is 0.317 e. The number of carbonyl (C=O) groups is 2. The van der Waals surface area contributed by atoms with Gasteiger partial charge in [0.1, 0.15) is 5.60 Å². The zero-order valence-electron chi connectivity index (χ0n) is 12.2. The van der Waals surface area contributed by atoms with E-state index in [1.807, 2.05) is 0 Å². The quantitative estimate of drug-likeness (QED) is 0.762. The Kier molecular flexibility index (Phi) is 5.72. The van der Waals surface area contributed by atoms with Crippen molar-refractivity contribution in [2.45, 2.75) is 24.5 Å². The molecule has 2 saturated heterocycles. The normalized spacial score (nSPS) is 29.4. The first-order valence-corrected chi connectivity index (χ1v) is 8.19. The molecule has 2 fully saturated rings. The summed E-state index contributed by atoms with van der Waals surface area (Å²) in [5.74, 6) is 0.623. The number of hydrogen-bond acceptors (Lipinski definition) is 5. The van der Waals surface area contributed by atoms with Gasteiger partial charge in [0, 0.05) is 38.2 Å². The number of carboxylic acids is 1. The van der Waals surface area contributed by atoms with Crippen molar-refractivity contribution in [1.29, 1.82) is 0 Å². The lowest BCUT2D eigenvalue weighted by Gasteiger charge is -2.35. The van der Waals surface area contributed by atoms with Gasteiger partial charge in [-0.25, -0.2) is 4.79 Å². The van der Waals surface area contributed by atoms with Crippen LogP contribution in [0.15, 0.2) is 0 Å². The smallest absolute Gasteiger partial charge is 0.317 e. The van der Waals surface area contributed by atoms with Crippen molar-refractivity contribution in [3.05, 3.63) is 0 Å². The second-order valence-corrected chi connectivity index (χ2v) is 6.52. The standard InChI is InChI=1S/C13H22N2O5S/c1-19-13(2-4-20-9-13)8-14-12(18)15-3-5-21-7-10(15)6-11(16)17/h10H,2-9H2,1H3,(H,14,18)(H,16,17). The first-order chi connectivity index (χ1) is 10.1. The SMILES string of the molecule is COC1(CNC(=O)N2CCSCC2CC(=O)O)CCOC1. The lowest BCUT2D eigenvalue weighted by atomic mass is 10.0. The van der Waals surface area contributed by atoms with Crippen LogP contribution in [0.1, 0.15) is 12.8 Å². The average Bonchev–Trinajstić information content (AvgIpc) is 2.94. The minimum atomic E-state index is -0.877. The van der Waals surface area contributed by atoms with Gasteiger partial charge in [0.2, 0.25) is 0 Å². The molecular formula is C13H22N2O5S. The molecule has 0 bridgehead atoms. The fraction of sp³-hybridized carbons (Fsp3) is 0.846. The van der Waals surface area contributed by atoms with Crippen LogP contribution in [0.25, 0.3) is 0 Å². The maximum atomic E-state index is 12.3. The second-order valence-electron chi connectivity index (χ2n) is 5.37. The molecule has 2 atom stereocenters. The van der Waals surface area contributed by atoms with E-state index in [9.17, 15) is 9.59 Å². The Hall–Kier alpha value is -0.990. The molecule has 7 nitrogen and oxygen atoms in total. The zero-order valence-corrected chi connectivity index (χ0v) is 13.0. The van der Waals surface area contributed by atoms with Crippen LogP contribution >= 0.6 is 11.8 Å². The molecule has 2 N–H and O–H groups in total. The van der Waals surface area contributed by atoms with E-state index in [-0.39, 0.29) is 18.5 Å². The van der Waals surface area contributed by atoms with Gasteiger partial charge in [0.05, 0.1) is 25.6 Å². The van der Waals surface area contributed by atoms with Gasteiger partial charge in [0.25, 0.3) is 0 Å². The van der Waals surface area contributed by atoms with E-state index in [2.05, 4.69) is 5.32 Å². The molecule has 0 aromatic heterocycles. The highest BCUT2D eigenvalue weighted by Gasteiger charge is 2.36. The van der Waals surface area contributed by atoms with Crippen molar-refractivity contribution in [1.82, 2.24) is 10.2 Å². The number of urea groups is 1. The van der Waals surface area contributed by atoms with Crippen LogP contribution in [0.3, 0.4) is 0 Å². The van der Waals surface area contributed by atoms with Gasteiger partial charge >= 0.3 is 12.0 Å². The third-order valence-electron chi connectivity index (χ3n) is 3.96. The number of methoxy groups -OCH3 is 1. The molecule has 2 aliphatic rings. The third-order valence-corrected chi connectivity index (χ3v) is 5.05. The Morgan fingerprint density at radius 2 is 2.38 bits per heavy atom. The lowest BCUT2D eigenvalue weighted by Crippen LogP contribution is -2.54. The van der Waals surface area contributed by atoms with Crippen LogP contribution < -0.4 is 5.32 Å². The van der Waals surface area contributed by atoms with Gasteiger partial charge < -0.3 is 24.8 Å². The van der Waals surface area contributed by atoms with Crippen LogP contribution in [0.4, 0.5) is 4.79 Å². The number of ether oxygens (including phenoxy) is 2. The van der Waals surface area contributed by atoms with Crippen LogP contribution in [-0.4, -0.2) is 78.6 Å². The molecule has 2 unspecified atom stereocenters. The van der Waals surface area contributed by atoms with Gasteiger partial charge in [-0.05, 0) is 0 Å². The molecule has 0 aliphatic carbocycles. The highest BCUT2D eigenvalue weighted by atomic mass is 32.2. The van der Waals surface area contributed by atoms with Gasteiger partial charge in [-0.15, -0.1) is 0 Å². The van der Waals surface area contributed by atoms with E-state index >= 15 is 0 Å². The van der Waals surface area contributed by atoms with Crippen molar-refractivity contribution in [3.8, 4) is 0 Å². The number of rotatable bonds is 5. The Morgan fingerprint density at radius 3 is 3.00 bits per heavy atom. The highest BCUT2D eigenvalue weighted by molar-refractivity contribution is 7.99. The summed E-state index contributed by atoms with van der Waals surface area (Å²) < 4.78 is 10.8. The Labute approximate surface area is 128 Å². The molecule has 2 heterocycles. The summed E-state index contributed by atoms with van der Waals surface area (Å²) in [7, 11) is 1.62. The van der Waals surface area contributed by atoms with Crippen molar-refractivity contribution in [2.24, 2.45) is 0 Å². The Bertz CT molecular complexity index is 387. The minimum Gasteiger partial charge on any atom is -0.481 e. The fourth-order valence-corrected chi connectivity index (χ4v) is 3.65. The predicted octanol–water partition coefficient (Wildman–Crippen LogP) is 0.394. The van der Waals surface area contributed by atoms with Crippen molar-refractivity contribution in [3.63, 3.8) is 0 Å². The number of nitrogens with one attached hydrogen (secondary N) is 1. The number of aliphatic carboxylic acids is 1. The number of carboxylic acid groups (broad SMARTS) is 1. The number of amides is 2. The van der Waals surface area contributed by atoms with Crippen LogP contribution in [0.5, 0.6) is 0 Å². The summed E-state index contributed by atoms with van der Waals surface area (Å²) in [4.78, 5) is 24.8. The third kappa shape index (κ3) is 4.24. The molecule has 0 aromatic rings. The minimum absolute atomic E-state index is 0.0149. The van der Waals surface area contributed by atoms with Gasteiger partial charge in [-0.1, -0.05) is 0 Å². The van der Waals surface area contributed by atoms with Crippen molar-refractivity contribution in [2.75, 3.05) is 44.9 Å². The molecule has 2 amide bonds. The van der Waals surface area contributed by atoms with E-state index in [0.717, 1.165) is 12.2 Å². The fourth-order valence-electron chi connectivity index (χ4n) is 2.59. The molecule has 0 aromatic carbocycles. The van der Waals surface area contributed by atoms with E-state index in [1.54, 1.807) is 23.8 Å². The van der Waals surface area contributed by atoms with Gasteiger partial charge in [0.15, 0.2) is 0 Å². The van der Waals surface area contributed by atoms with Crippen molar-refractivity contribution >= 4 is 23.8 Å². The summed E-state index contributed by atoms with van der Waals surface area (Å²) in [6, 6.07) is -0.468. The molecule has 8 heteroatoms. The van der Waals surface area contributed by atoms with E-state index in [4.69, 9.17) is 14.6 Å².